The lowest BCUT2D eigenvalue weighted by molar-refractivity contribution is 0.175. The Bertz CT molecular complexity index is 148. The Balaban J connectivity index is 1.98. The Morgan fingerprint density at radius 2 is 1.56 bits per heavy atom. The summed E-state index contributed by atoms with van der Waals surface area (Å²) in [6.07, 6.45) is 12.9. The third-order valence-electron chi connectivity index (χ3n) is 4.00. The van der Waals surface area contributed by atoms with Crippen molar-refractivity contribution in [2.24, 2.45) is 5.92 Å². The predicted octanol–water partition coefficient (Wildman–Crippen LogP) is 4.47. The molecule has 96 valence electrons. The predicted molar refractivity (Wildman–Crippen MR) is 72.8 cm³/mol. The van der Waals surface area contributed by atoms with Crippen molar-refractivity contribution in [3.05, 3.63) is 0 Å². The number of rotatable bonds is 8. The molecule has 0 unspecified atom stereocenters. The van der Waals surface area contributed by atoms with Gasteiger partial charge in [-0.2, -0.15) is 0 Å². The SMILES string of the molecule is CCCCCCC1CCN(CCCC)CC1. The summed E-state index contributed by atoms with van der Waals surface area (Å²) >= 11 is 0. The first-order chi connectivity index (χ1) is 7.86. The van der Waals surface area contributed by atoms with E-state index in [1.54, 1.807) is 0 Å². The molecule has 1 heterocycles. The second-order valence-corrected chi connectivity index (χ2v) is 5.49. The van der Waals surface area contributed by atoms with E-state index in [9.17, 15) is 0 Å². The van der Waals surface area contributed by atoms with Gasteiger partial charge in [0.1, 0.15) is 0 Å². The summed E-state index contributed by atoms with van der Waals surface area (Å²) in [5.74, 6) is 1.05. The van der Waals surface area contributed by atoms with E-state index in [2.05, 4.69) is 18.7 Å². The molecular weight excluding hydrogens is 194 g/mol. The van der Waals surface area contributed by atoms with Gasteiger partial charge in [-0.15, -0.1) is 0 Å². The van der Waals surface area contributed by atoms with Crippen LogP contribution in [0.15, 0.2) is 0 Å². The third-order valence-corrected chi connectivity index (χ3v) is 4.00. The van der Waals surface area contributed by atoms with Crippen LogP contribution in [0.4, 0.5) is 0 Å². The second kappa shape index (κ2) is 9.04. The molecule has 16 heavy (non-hydrogen) atoms. The standard InChI is InChI=1S/C15H31N/c1-3-5-7-8-9-15-10-13-16(14-11-15)12-6-4-2/h15H,3-14H2,1-2H3. The minimum atomic E-state index is 1.05. The van der Waals surface area contributed by atoms with Crippen molar-refractivity contribution in [1.29, 1.82) is 0 Å². The Labute approximate surface area is 103 Å². The first kappa shape index (κ1) is 14.0. The van der Waals surface area contributed by atoms with Crippen molar-refractivity contribution in [1.82, 2.24) is 4.90 Å². The summed E-state index contributed by atoms with van der Waals surface area (Å²) in [6.45, 7) is 8.68. The molecule has 0 saturated carbocycles. The summed E-state index contributed by atoms with van der Waals surface area (Å²) < 4.78 is 0. The molecule has 0 N–H and O–H groups in total. The monoisotopic (exact) mass is 225 g/mol. The van der Waals surface area contributed by atoms with Crippen LogP contribution in [0.3, 0.4) is 0 Å². The van der Waals surface area contributed by atoms with Gasteiger partial charge in [-0.3, -0.25) is 0 Å². The van der Waals surface area contributed by atoms with Crippen molar-refractivity contribution in [3.63, 3.8) is 0 Å². The van der Waals surface area contributed by atoms with Gasteiger partial charge in [-0.05, 0) is 44.8 Å². The van der Waals surface area contributed by atoms with Gasteiger partial charge in [0.05, 0.1) is 0 Å². The Hall–Kier alpha value is -0.0400. The molecule has 1 heteroatoms. The summed E-state index contributed by atoms with van der Waals surface area (Å²) in [6, 6.07) is 0. The van der Waals surface area contributed by atoms with Crippen LogP contribution in [0.25, 0.3) is 0 Å². The molecule has 0 amide bonds. The van der Waals surface area contributed by atoms with Crippen LogP contribution in [0.1, 0.15) is 71.6 Å². The maximum Gasteiger partial charge on any atom is -0.00161 e. The number of hydrogen-bond acceptors (Lipinski definition) is 1. The van der Waals surface area contributed by atoms with E-state index in [4.69, 9.17) is 0 Å². The van der Waals surface area contributed by atoms with Gasteiger partial charge in [0.25, 0.3) is 0 Å². The highest BCUT2D eigenvalue weighted by Gasteiger charge is 2.17. The van der Waals surface area contributed by atoms with Gasteiger partial charge < -0.3 is 4.90 Å². The zero-order chi connectivity index (χ0) is 11.6. The van der Waals surface area contributed by atoms with Gasteiger partial charge >= 0.3 is 0 Å². The molecule has 0 atom stereocenters. The molecule has 1 rings (SSSR count). The number of piperidine rings is 1. The highest BCUT2D eigenvalue weighted by atomic mass is 15.1. The number of likely N-dealkylation sites (tertiary alicyclic amines) is 1. The topological polar surface area (TPSA) is 3.24 Å². The smallest absolute Gasteiger partial charge is 0.00161 e. The molecule has 0 radical (unpaired) electrons. The van der Waals surface area contributed by atoms with E-state index in [-0.39, 0.29) is 0 Å². The maximum absolute atomic E-state index is 2.67. The van der Waals surface area contributed by atoms with Gasteiger partial charge in [-0.25, -0.2) is 0 Å². The minimum absolute atomic E-state index is 1.05. The lowest BCUT2D eigenvalue weighted by atomic mass is 9.91. The van der Waals surface area contributed by atoms with Gasteiger partial charge in [0.15, 0.2) is 0 Å². The van der Waals surface area contributed by atoms with E-state index in [0.29, 0.717) is 0 Å². The van der Waals surface area contributed by atoms with Gasteiger partial charge in [0.2, 0.25) is 0 Å². The van der Waals surface area contributed by atoms with Gasteiger partial charge in [-0.1, -0.05) is 52.4 Å². The highest BCUT2D eigenvalue weighted by molar-refractivity contribution is 4.72. The lowest BCUT2D eigenvalue weighted by Crippen LogP contribution is -2.34. The molecule has 0 aromatic carbocycles. The zero-order valence-electron chi connectivity index (χ0n) is 11.5. The first-order valence-electron chi connectivity index (χ1n) is 7.59. The molecule has 0 bridgehead atoms. The molecule has 0 aromatic heterocycles. The summed E-state index contributed by atoms with van der Waals surface area (Å²) in [5, 5.41) is 0. The summed E-state index contributed by atoms with van der Waals surface area (Å²) in [4.78, 5) is 2.67. The fourth-order valence-corrected chi connectivity index (χ4v) is 2.74. The quantitative estimate of drug-likeness (QED) is 0.551. The largest absolute Gasteiger partial charge is 0.303 e. The number of hydrogen-bond donors (Lipinski definition) is 0. The highest BCUT2D eigenvalue weighted by Crippen LogP contribution is 2.23. The molecular formula is C15H31N. The number of nitrogens with zero attached hydrogens (tertiary/aromatic N) is 1. The van der Waals surface area contributed by atoms with E-state index in [0.717, 1.165) is 5.92 Å². The molecule has 0 aliphatic carbocycles. The molecule has 1 nitrogen and oxygen atoms in total. The molecule has 0 aromatic rings. The second-order valence-electron chi connectivity index (χ2n) is 5.49. The summed E-state index contributed by atoms with van der Waals surface area (Å²) in [5.41, 5.74) is 0. The minimum Gasteiger partial charge on any atom is -0.303 e. The van der Waals surface area contributed by atoms with Crippen LogP contribution in [-0.4, -0.2) is 24.5 Å². The first-order valence-corrected chi connectivity index (χ1v) is 7.59. The number of unbranched alkanes of at least 4 members (excludes halogenated alkanes) is 4. The average Bonchev–Trinajstić information content (AvgIpc) is 2.33. The van der Waals surface area contributed by atoms with E-state index < -0.39 is 0 Å². The van der Waals surface area contributed by atoms with Crippen LogP contribution in [-0.2, 0) is 0 Å². The molecule has 1 fully saturated rings. The van der Waals surface area contributed by atoms with Crippen LogP contribution >= 0.6 is 0 Å². The van der Waals surface area contributed by atoms with Crippen LogP contribution in [0.2, 0.25) is 0 Å². The average molecular weight is 225 g/mol. The van der Waals surface area contributed by atoms with Gasteiger partial charge in [0, 0.05) is 0 Å². The maximum atomic E-state index is 2.67. The molecule has 1 saturated heterocycles. The third kappa shape index (κ3) is 5.89. The Morgan fingerprint density at radius 3 is 2.19 bits per heavy atom. The van der Waals surface area contributed by atoms with Crippen LogP contribution in [0.5, 0.6) is 0 Å². The lowest BCUT2D eigenvalue weighted by Gasteiger charge is -2.31. The van der Waals surface area contributed by atoms with Crippen molar-refractivity contribution in [2.45, 2.75) is 71.6 Å². The Kier molecular flexibility index (Phi) is 7.92. The molecule has 1 aliphatic rings. The van der Waals surface area contributed by atoms with Crippen LogP contribution < -0.4 is 0 Å². The molecule has 0 spiro atoms. The van der Waals surface area contributed by atoms with Crippen molar-refractivity contribution in [2.75, 3.05) is 19.6 Å². The summed E-state index contributed by atoms with van der Waals surface area (Å²) in [7, 11) is 0. The Morgan fingerprint density at radius 1 is 0.875 bits per heavy atom. The van der Waals surface area contributed by atoms with Crippen LogP contribution in [0, 0.1) is 5.92 Å². The van der Waals surface area contributed by atoms with Crippen molar-refractivity contribution >= 4 is 0 Å². The van der Waals surface area contributed by atoms with Crippen molar-refractivity contribution in [3.8, 4) is 0 Å². The molecule has 1 aliphatic heterocycles. The fourth-order valence-electron chi connectivity index (χ4n) is 2.74. The van der Waals surface area contributed by atoms with E-state index in [1.165, 1.54) is 77.4 Å². The normalized spacial score (nSPS) is 19.1. The zero-order valence-corrected chi connectivity index (χ0v) is 11.5. The fraction of sp³-hybridized carbons (Fsp3) is 1.00. The van der Waals surface area contributed by atoms with E-state index >= 15 is 0 Å². The van der Waals surface area contributed by atoms with Crippen molar-refractivity contribution < 1.29 is 0 Å². The van der Waals surface area contributed by atoms with E-state index in [1.807, 2.05) is 0 Å².